The molecule has 8 heteroatoms. The zero-order chi connectivity index (χ0) is 18.7. The standard InChI is InChI=1S/C18H22N4O4/c1-11(18(25)26)19-16(23)13-8-6-12(7-9-13)10-22-17(24)14-4-2-3-5-15(14)20-21-22/h2-5,11-13H,6-10H2,1H3,(H,19,23)(H,25,26). The molecular weight excluding hydrogens is 336 g/mol. The monoisotopic (exact) mass is 358 g/mol. The third kappa shape index (κ3) is 3.89. The van der Waals surface area contributed by atoms with Gasteiger partial charge in [0.2, 0.25) is 5.91 Å². The summed E-state index contributed by atoms with van der Waals surface area (Å²) in [6.07, 6.45) is 2.94. The van der Waals surface area contributed by atoms with Gasteiger partial charge >= 0.3 is 5.97 Å². The zero-order valence-corrected chi connectivity index (χ0v) is 14.6. The van der Waals surface area contributed by atoms with Crippen molar-refractivity contribution < 1.29 is 14.7 Å². The average Bonchev–Trinajstić information content (AvgIpc) is 2.64. The van der Waals surface area contributed by atoms with E-state index < -0.39 is 12.0 Å². The SMILES string of the molecule is CC(NC(=O)C1CCC(Cn2nnc3ccccc3c2=O)CC1)C(=O)O. The van der Waals surface area contributed by atoms with Crippen molar-refractivity contribution in [3.8, 4) is 0 Å². The fourth-order valence-electron chi connectivity index (χ4n) is 3.39. The minimum Gasteiger partial charge on any atom is -0.480 e. The Labute approximate surface area is 150 Å². The van der Waals surface area contributed by atoms with Gasteiger partial charge in [-0.1, -0.05) is 17.3 Å². The molecule has 1 aromatic heterocycles. The second-order valence-electron chi connectivity index (χ2n) is 6.88. The van der Waals surface area contributed by atoms with Crippen LogP contribution in [0.5, 0.6) is 0 Å². The van der Waals surface area contributed by atoms with E-state index in [-0.39, 0.29) is 23.3 Å². The third-order valence-electron chi connectivity index (χ3n) is 5.01. The maximum Gasteiger partial charge on any atom is 0.325 e. The minimum atomic E-state index is -1.04. The third-order valence-corrected chi connectivity index (χ3v) is 5.01. The predicted octanol–water partition coefficient (Wildman–Crippen LogP) is 1.19. The second kappa shape index (κ2) is 7.63. The fraction of sp³-hybridized carbons (Fsp3) is 0.500. The molecule has 3 rings (SSSR count). The summed E-state index contributed by atoms with van der Waals surface area (Å²) in [5.41, 5.74) is 0.437. The van der Waals surface area contributed by atoms with Gasteiger partial charge in [0.05, 0.1) is 5.39 Å². The van der Waals surface area contributed by atoms with E-state index in [1.54, 1.807) is 18.2 Å². The van der Waals surface area contributed by atoms with Crippen LogP contribution in [-0.2, 0) is 16.1 Å². The van der Waals surface area contributed by atoms with Gasteiger partial charge in [-0.25, -0.2) is 4.68 Å². The lowest BCUT2D eigenvalue weighted by molar-refractivity contribution is -0.142. The summed E-state index contributed by atoms with van der Waals surface area (Å²) in [6, 6.07) is 6.24. The number of carbonyl (C=O) groups is 2. The first-order valence-electron chi connectivity index (χ1n) is 8.81. The van der Waals surface area contributed by atoms with Crippen LogP contribution >= 0.6 is 0 Å². The summed E-state index contributed by atoms with van der Waals surface area (Å²) in [5, 5.41) is 20.1. The highest BCUT2D eigenvalue weighted by Gasteiger charge is 2.28. The van der Waals surface area contributed by atoms with Crippen LogP contribution in [0, 0.1) is 11.8 Å². The first-order chi connectivity index (χ1) is 12.5. The Morgan fingerprint density at radius 2 is 1.96 bits per heavy atom. The lowest BCUT2D eigenvalue weighted by Gasteiger charge is -2.28. The van der Waals surface area contributed by atoms with Crippen molar-refractivity contribution in [2.75, 3.05) is 0 Å². The van der Waals surface area contributed by atoms with Gasteiger partial charge in [0.15, 0.2) is 0 Å². The molecule has 26 heavy (non-hydrogen) atoms. The van der Waals surface area contributed by atoms with E-state index in [1.165, 1.54) is 11.6 Å². The van der Waals surface area contributed by atoms with Crippen molar-refractivity contribution in [3.63, 3.8) is 0 Å². The first-order valence-corrected chi connectivity index (χ1v) is 8.81. The molecule has 1 aliphatic rings. The van der Waals surface area contributed by atoms with E-state index in [2.05, 4.69) is 15.6 Å². The molecule has 0 spiro atoms. The molecule has 1 amide bonds. The van der Waals surface area contributed by atoms with Gasteiger partial charge in [0.1, 0.15) is 11.6 Å². The first kappa shape index (κ1) is 18.0. The number of amides is 1. The number of carbonyl (C=O) groups excluding carboxylic acids is 1. The molecule has 138 valence electrons. The molecule has 2 aromatic rings. The molecule has 1 atom stereocenters. The topological polar surface area (TPSA) is 114 Å². The number of hydrogen-bond acceptors (Lipinski definition) is 5. The van der Waals surface area contributed by atoms with E-state index in [0.29, 0.717) is 30.3 Å². The van der Waals surface area contributed by atoms with Gasteiger partial charge in [0.25, 0.3) is 5.56 Å². The number of nitrogens with zero attached hydrogens (tertiary/aromatic N) is 3. The minimum absolute atomic E-state index is 0.147. The summed E-state index contributed by atoms with van der Waals surface area (Å²) >= 11 is 0. The normalized spacial score (nSPS) is 21.3. The number of aliphatic carboxylic acids is 1. The smallest absolute Gasteiger partial charge is 0.325 e. The summed E-state index contributed by atoms with van der Waals surface area (Å²) in [6.45, 7) is 1.94. The molecule has 8 nitrogen and oxygen atoms in total. The van der Waals surface area contributed by atoms with Gasteiger partial charge in [-0.15, -0.1) is 5.10 Å². The van der Waals surface area contributed by atoms with Crippen LogP contribution in [-0.4, -0.2) is 38.0 Å². The molecule has 1 heterocycles. The lowest BCUT2D eigenvalue weighted by atomic mass is 9.81. The number of rotatable bonds is 5. The van der Waals surface area contributed by atoms with Crippen LogP contribution in [0.4, 0.5) is 0 Å². The van der Waals surface area contributed by atoms with Crippen LogP contribution in [0.25, 0.3) is 10.9 Å². The highest BCUT2D eigenvalue weighted by Crippen LogP contribution is 2.29. The van der Waals surface area contributed by atoms with Gasteiger partial charge in [-0.3, -0.25) is 14.4 Å². The van der Waals surface area contributed by atoms with Crippen molar-refractivity contribution in [3.05, 3.63) is 34.6 Å². The number of carboxylic acids is 1. The van der Waals surface area contributed by atoms with Gasteiger partial charge < -0.3 is 10.4 Å². The molecule has 1 aromatic carbocycles. The Kier molecular flexibility index (Phi) is 5.29. The second-order valence-corrected chi connectivity index (χ2v) is 6.88. The Bertz CT molecular complexity index is 871. The summed E-state index contributed by atoms with van der Waals surface area (Å²) in [4.78, 5) is 35.5. The zero-order valence-electron chi connectivity index (χ0n) is 14.6. The molecular formula is C18H22N4O4. The van der Waals surface area contributed by atoms with Crippen molar-refractivity contribution >= 4 is 22.8 Å². The molecule has 1 unspecified atom stereocenters. The van der Waals surface area contributed by atoms with Crippen LogP contribution in [0.3, 0.4) is 0 Å². The Balaban J connectivity index is 1.59. The van der Waals surface area contributed by atoms with E-state index in [9.17, 15) is 14.4 Å². The largest absolute Gasteiger partial charge is 0.480 e. The van der Waals surface area contributed by atoms with Crippen LogP contribution in [0.1, 0.15) is 32.6 Å². The van der Waals surface area contributed by atoms with Crippen LogP contribution in [0.15, 0.2) is 29.1 Å². The molecule has 1 aliphatic carbocycles. The van der Waals surface area contributed by atoms with E-state index in [0.717, 1.165) is 12.8 Å². The van der Waals surface area contributed by atoms with E-state index in [4.69, 9.17) is 5.11 Å². The maximum absolute atomic E-state index is 12.5. The molecule has 0 bridgehead atoms. The highest BCUT2D eigenvalue weighted by atomic mass is 16.4. The Hall–Kier alpha value is -2.77. The number of carboxylic acid groups (broad SMARTS) is 1. The summed E-state index contributed by atoms with van der Waals surface area (Å²) < 4.78 is 1.40. The molecule has 0 saturated heterocycles. The van der Waals surface area contributed by atoms with Crippen molar-refractivity contribution in [2.24, 2.45) is 11.8 Å². The van der Waals surface area contributed by atoms with Gasteiger partial charge in [-0.2, -0.15) is 0 Å². The van der Waals surface area contributed by atoms with Crippen molar-refractivity contribution in [1.82, 2.24) is 20.3 Å². The maximum atomic E-state index is 12.5. The average molecular weight is 358 g/mol. The van der Waals surface area contributed by atoms with Crippen molar-refractivity contribution in [1.29, 1.82) is 0 Å². The number of aromatic nitrogens is 3. The highest BCUT2D eigenvalue weighted by molar-refractivity contribution is 5.84. The Morgan fingerprint density at radius 3 is 2.65 bits per heavy atom. The number of nitrogens with one attached hydrogen (secondary N) is 1. The molecule has 0 radical (unpaired) electrons. The molecule has 0 aliphatic heterocycles. The van der Waals surface area contributed by atoms with Gasteiger partial charge in [0, 0.05) is 12.5 Å². The van der Waals surface area contributed by atoms with Crippen molar-refractivity contribution in [2.45, 2.75) is 45.2 Å². The summed E-state index contributed by atoms with van der Waals surface area (Å²) in [5.74, 6) is -1.17. The Morgan fingerprint density at radius 1 is 1.27 bits per heavy atom. The van der Waals surface area contributed by atoms with Crippen LogP contribution < -0.4 is 10.9 Å². The quantitative estimate of drug-likeness (QED) is 0.830. The van der Waals surface area contributed by atoms with Gasteiger partial charge in [-0.05, 0) is 50.7 Å². The molecule has 2 N–H and O–H groups in total. The lowest BCUT2D eigenvalue weighted by Crippen LogP contribution is -2.42. The van der Waals surface area contributed by atoms with Crippen LogP contribution in [0.2, 0.25) is 0 Å². The summed E-state index contributed by atoms with van der Waals surface area (Å²) in [7, 11) is 0. The number of hydrogen-bond donors (Lipinski definition) is 2. The number of fused-ring (bicyclic) bond motifs is 1. The van der Waals surface area contributed by atoms with E-state index >= 15 is 0 Å². The molecule has 1 saturated carbocycles. The molecule has 1 fully saturated rings. The number of benzene rings is 1. The predicted molar refractivity (Wildman–Crippen MR) is 94.5 cm³/mol. The fourth-order valence-corrected chi connectivity index (χ4v) is 3.39. The van der Waals surface area contributed by atoms with E-state index in [1.807, 2.05) is 6.07 Å².